The minimum Gasteiger partial charge on any atom is -0.480 e. The fraction of sp³-hybridized carbons (Fsp3) is 0.278. The highest BCUT2D eigenvalue weighted by molar-refractivity contribution is 5.97. The van der Waals surface area contributed by atoms with Gasteiger partial charge in [0.25, 0.3) is 0 Å². The molecule has 2 N–H and O–H groups in total. The lowest BCUT2D eigenvalue weighted by atomic mass is 10.1. The van der Waals surface area contributed by atoms with Crippen molar-refractivity contribution >= 4 is 22.6 Å². The maximum Gasteiger partial charge on any atom is 0.228 e. The molecule has 0 spiro atoms. The van der Waals surface area contributed by atoms with Gasteiger partial charge in [-0.15, -0.1) is 0 Å². The Balaban J connectivity index is 1.79. The monoisotopic (exact) mass is 352 g/mol. The average molecular weight is 352 g/mol. The molecule has 0 aliphatic rings. The van der Waals surface area contributed by atoms with Crippen molar-refractivity contribution in [3.63, 3.8) is 0 Å². The first-order valence-electron chi connectivity index (χ1n) is 8.31. The SMILES string of the molecule is COCC(C)Nc1nc(OC)c2c(-c3ccc4nccn4c3)c[nH]c2n1. The lowest BCUT2D eigenvalue weighted by Gasteiger charge is -2.13. The van der Waals surface area contributed by atoms with Gasteiger partial charge in [0, 0.05) is 49.1 Å². The van der Waals surface area contributed by atoms with Crippen molar-refractivity contribution < 1.29 is 9.47 Å². The highest BCUT2D eigenvalue weighted by Crippen LogP contribution is 2.34. The summed E-state index contributed by atoms with van der Waals surface area (Å²) in [5.74, 6) is 1.02. The van der Waals surface area contributed by atoms with E-state index in [-0.39, 0.29) is 6.04 Å². The predicted octanol–water partition coefficient (Wildman–Crippen LogP) is 2.73. The zero-order chi connectivity index (χ0) is 18.1. The smallest absolute Gasteiger partial charge is 0.228 e. The maximum atomic E-state index is 5.54. The van der Waals surface area contributed by atoms with E-state index in [1.54, 1.807) is 20.4 Å². The van der Waals surface area contributed by atoms with Gasteiger partial charge in [0.2, 0.25) is 11.8 Å². The van der Waals surface area contributed by atoms with Crippen LogP contribution in [-0.4, -0.2) is 51.2 Å². The van der Waals surface area contributed by atoms with E-state index >= 15 is 0 Å². The number of anilines is 1. The summed E-state index contributed by atoms with van der Waals surface area (Å²) in [6, 6.07) is 4.08. The summed E-state index contributed by atoms with van der Waals surface area (Å²) in [4.78, 5) is 16.6. The molecular formula is C18H20N6O2. The number of aromatic amines is 1. The number of nitrogens with one attached hydrogen (secondary N) is 2. The highest BCUT2D eigenvalue weighted by Gasteiger charge is 2.17. The van der Waals surface area contributed by atoms with Gasteiger partial charge in [0.1, 0.15) is 11.3 Å². The number of nitrogens with zero attached hydrogens (tertiary/aromatic N) is 4. The summed E-state index contributed by atoms with van der Waals surface area (Å²) in [5, 5.41) is 4.06. The molecule has 0 saturated carbocycles. The fourth-order valence-electron chi connectivity index (χ4n) is 3.03. The Morgan fingerprint density at radius 2 is 2.15 bits per heavy atom. The highest BCUT2D eigenvalue weighted by atomic mass is 16.5. The number of ether oxygens (including phenoxy) is 2. The van der Waals surface area contributed by atoms with E-state index in [1.165, 1.54) is 0 Å². The van der Waals surface area contributed by atoms with E-state index in [0.29, 0.717) is 24.1 Å². The molecule has 134 valence electrons. The first kappa shape index (κ1) is 16.3. The first-order valence-corrected chi connectivity index (χ1v) is 8.31. The number of hydrogen-bond acceptors (Lipinski definition) is 6. The van der Waals surface area contributed by atoms with Crippen LogP contribution in [0.2, 0.25) is 0 Å². The zero-order valence-electron chi connectivity index (χ0n) is 14.9. The normalized spacial score (nSPS) is 12.6. The van der Waals surface area contributed by atoms with Crippen LogP contribution >= 0.6 is 0 Å². The average Bonchev–Trinajstić information content (AvgIpc) is 3.27. The second kappa shape index (κ2) is 6.64. The summed E-state index contributed by atoms with van der Waals surface area (Å²) in [6.07, 6.45) is 7.64. The van der Waals surface area contributed by atoms with E-state index in [0.717, 1.165) is 22.2 Å². The molecule has 4 heterocycles. The maximum absolute atomic E-state index is 5.54. The predicted molar refractivity (Wildman–Crippen MR) is 99.6 cm³/mol. The minimum absolute atomic E-state index is 0.0836. The Kier molecular flexibility index (Phi) is 4.18. The van der Waals surface area contributed by atoms with E-state index in [9.17, 15) is 0 Å². The largest absolute Gasteiger partial charge is 0.480 e. The zero-order valence-corrected chi connectivity index (χ0v) is 14.9. The van der Waals surface area contributed by atoms with Crippen molar-refractivity contribution in [3.8, 4) is 17.0 Å². The molecule has 0 aliphatic carbocycles. The Bertz CT molecular complexity index is 1050. The summed E-state index contributed by atoms with van der Waals surface area (Å²) in [6.45, 7) is 2.56. The molecule has 0 amide bonds. The lowest BCUT2D eigenvalue weighted by molar-refractivity contribution is 0.190. The molecule has 0 bridgehead atoms. The number of aromatic nitrogens is 5. The molecule has 8 nitrogen and oxygen atoms in total. The number of methoxy groups -OCH3 is 2. The number of imidazole rings is 1. The van der Waals surface area contributed by atoms with Crippen LogP contribution in [0.15, 0.2) is 36.9 Å². The van der Waals surface area contributed by atoms with Gasteiger partial charge in [-0.05, 0) is 19.1 Å². The first-order chi connectivity index (χ1) is 12.7. The quantitative estimate of drug-likeness (QED) is 0.555. The van der Waals surface area contributed by atoms with Crippen molar-refractivity contribution in [1.82, 2.24) is 24.3 Å². The van der Waals surface area contributed by atoms with Crippen LogP contribution < -0.4 is 10.1 Å². The molecule has 0 aliphatic heterocycles. The van der Waals surface area contributed by atoms with Gasteiger partial charge in [-0.25, -0.2) is 4.98 Å². The molecule has 1 unspecified atom stereocenters. The summed E-state index contributed by atoms with van der Waals surface area (Å²) in [5.41, 5.74) is 3.61. The number of H-pyrrole nitrogens is 1. The Morgan fingerprint density at radius 1 is 1.27 bits per heavy atom. The number of pyridine rings is 1. The molecule has 26 heavy (non-hydrogen) atoms. The summed E-state index contributed by atoms with van der Waals surface area (Å²) < 4.78 is 12.7. The molecule has 1 atom stereocenters. The van der Waals surface area contributed by atoms with Crippen molar-refractivity contribution in [1.29, 1.82) is 0 Å². The van der Waals surface area contributed by atoms with Gasteiger partial charge in [-0.1, -0.05) is 0 Å². The third kappa shape index (κ3) is 2.84. The minimum atomic E-state index is 0.0836. The fourth-order valence-corrected chi connectivity index (χ4v) is 3.03. The van der Waals surface area contributed by atoms with Crippen molar-refractivity contribution in [2.24, 2.45) is 0 Å². The molecule has 0 radical (unpaired) electrons. The standard InChI is InChI=1S/C18H20N6O2/c1-11(10-25-2)21-18-22-16-15(17(23-18)26-3)13(8-20-16)12-4-5-14-19-6-7-24(14)9-12/h4-9,11H,10H2,1-3H3,(H2,20,21,22,23). The topological polar surface area (TPSA) is 89.4 Å². The Morgan fingerprint density at radius 3 is 2.96 bits per heavy atom. The third-order valence-electron chi connectivity index (χ3n) is 4.18. The number of rotatable bonds is 6. The number of fused-ring (bicyclic) bond motifs is 2. The van der Waals surface area contributed by atoms with Crippen molar-refractivity contribution in [2.45, 2.75) is 13.0 Å². The van der Waals surface area contributed by atoms with E-state index < -0.39 is 0 Å². The van der Waals surface area contributed by atoms with Crippen LogP contribution in [0.4, 0.5) is 5.95 Å². The van der Waals surface area contributed by atoms with Crippen LogP contribution in [0.3, 0.4) is 0 Å². The van der Waals surface area contributed by atoms with E-state index in [2.05, 4.69) is 25.3 Å². The molecule has 4 rings (SSSR count). The molecule has 0 fully saturated rings. The van der Waals surface area contributed by atoms with E-state index in [1.807, 2.05) is 42.0 Å². The van der Waals surface area contributed by atoms with Crippen LogP contribution in [0, 0.1) is 0 Å². The van der Waals surface area contributed by atoms with Crippen molar-refractivity contribution in [2.75, 3.05) is 26.1 Å². The van der Waals surface area contributed by atoms with Crippen LogP contribution in [0.1, 0.15) is 6.92 Å². The van der Waals surface area contributed by atoms with Gasteiger partial charge in [0.05, 0.1) is 19.1 Å². The molecule has 4 aromatic heterocycles. The van der Waals surface area contributed by atoms with Crippen LogP contribution in [0.5, 0.6) is 5.88 Å². The van der Waals surface area contributed by atoms with Crippen LogP contribution in [0.25, 0.3) is 27.8 Å². The molecule has 8 heteroatoms. The van der Waals surface area contributed by atoms with E-state index in [4.69, 9.17) is 9.47 Å². The molecule has 0 saturated heterocycles. The third-order valence-corrected chi connectivity index (χ3v) is 4.18. The lowest BCUT2D eigenvalue weighted by Crippen LogP contribution is -2.22. The number of hydrogen-bond donors (Lipinski definition) is 2. The second-order valence-electron chi connectivity index (χ2n) is 6.09. The second-order valence-corrected chi connectivity index (χ2v) is 6.09. The van der Waals surface area contributed by atoms with Crippen molar-refractivity contribution in [3.05, 3.63) is 36.9 Å². The van der Waals surface area contributed by atoms with Crippen LogP contribution in [-0.2, 0) is 4.74 Å². The summed E-state index contributed by atoms with van der Waals surface area (Å²) >= 11 is 0. The molecular weight excluding hydrogens is 332 g/mol. The van der Waals surface area contributed by atoms with Gasteiger partial charge < -0.3 is 24.2 Å². The Hall–Kier alpha value is -3.13. The van der Waals surface area contributed by atoms with Gasteiger partial charge in [0.15, 0.2) is 0 Å². The summed E-state index contributed by atoms with van der Waals surface area (Å²) in [7, 11) is 3.27. The van der Waals surface area contributed by atoms with Gasteiger partial charge in [-0.3, -0.25) is 0 Å². The Labute approximate surface area is 150 Å². The molecule has 4 aromatic rings. The van der Waals surface area contributed by atoms with Gasteiger partial charge >= 0.3 is 0 Å². The molecule has 0 aromatic carbocycles. The van der Waals surface area contributed by atoms with Gasteiger partial charge in [-0.2, -0.15) is 9.97 Å².